The first-order valence-corrected chi connectivity index (χ1v) is 25.7. The number of fused-ring (bicyclic) bond motifs is 14. The lowest BCUT2D eigenvalue weighted by atomic mass is 9.78. The smallest absolute Gasteiger partial charge is 0.143 e. The highest BCUT2D eigenvalue weighted by Crippen LogP contribution is 2.57. The molecule has 1 atom stereocenters. The minimum atomic E-state index is -0.238. The number of benzene rings is 10. The van der Waals surface area contributed by atoms with Gasteiger partial charge in [0.15, 0.2) is 0 Å². The highest BCUT2D eigenvalue weighted by Gasteiger charge is 2.41. The van der Waals surface area contributed by atoms with Crippen molar-refractivity contribution in [2.45, 2.75) is 63.7 Å². The molecule has 2 aliphatic carbocycles. The normalized spacial score (nSPS) is 14.4. The fourth-order valence-electron chi connectivity index (χ4n) is 12.9. The number of hydrogen-bond acceptors (Lipinski definition) is 2. The van der Waals surface area contributed by atoms with Crippen LogP contribution in [-0.2, 0) is 17.3 Å². The van der Waals surface area contributed by atoms with Crippen LogP contribution in [0.1, 0.15) is 85.4 Å². The highest BCUT2D eigenvalue weighted by atomic mass is 16.3. The van der Waals surface area contributed by atoms with E-state index in [4.69, 9.17) is 8.83 Å². The van der Waals surface area contributed by atoms with Gasteiger partial charge in [0, 0.05) is 49.4 Å². The van der Waals surface area contributed by atoms with Crippen molar-refractivity contribution in [3.8, 4) is 55.6 Å². The zero-order valence-electron chi connectivity index (χ0n) is 41.2. The summed E-state index contributed by atoms with van der Waals surface area (Å²) >= 11 is 0. The van der Waals surface area contributed by atoms with Crippen molar-refractivity contribution >= 4 is 43.9 Å². The molecule has 2 heteroatoms. The molecule has 0 saturated carbocycles. The number of hydrogen-bond donors (Lipinski definition) is 0. The minimum absolute atomic E-state index is 0.192. The Labute approximate surface area is 421 Å². The molecular formula is C70H54O2. The summed E-state index contributed by atoms with van der Waals surface area (Å²) in [6, 6.07) is 78.4. The molecule has 0 amide bonds. The Morgan fingerprint density at radius 1 is 0.375 bits per heavy atom. The molecule has 0 saturated heterocycles. The van der Waals surface area contributed by atoms with Gasteiger partial charge < -0.3 is 8.83 Å². The zero-order valence-corrected chi connectivity index (χ0v) is 41.2. The topological polar surface area (TPSA) is 26.3 Å². The van der Waals surface area contributed by atoms with Crippen LogP contribution >= 0.6 is 0 Å². The molecule has 2 aliphatic rings. The summed E-state index contributed by atoms with van der Waals surface area (Å²) in [6.45, 7) is 9.67. The number of para-hydroxylation sites is 2. The van der Waals surface area contributed by atoms with Crippen LogP contribution in [0, 0.1) is 0 Å². The second-order valence-corrected chi connectivity index (χ2v) is 21.4. The van der Waals surface area contributed by atoms with Crippen LogP contribution in [-0.4, -0.2) is 0 Å². The first kappa shape index (κ1) is 42.7. The Morgan fingerprint density at radius 3 is 1.42 bits per heavy atom. The largest absolute Gasteiger partial charge is 0.455 e. The van der Waals surface area contributed by atoms with Crippen molar-refractivity contribution in [1.29, 1.82) is 0 Å². The molecule has 12 aromatic rings. The lowest BCUT2D eigenvalue weighted by Gasteiger charge is -2.25. The van der Waals surface area contributed by atoms with Crippen LogP contribution < -0.4 is 0 Å². The molecule has 72 heavy (non-hydrogen) atoms. The van der Waals surface area contributed by atoms with E-state index in [-0.39, 0.29) is 16.7 Å². The summed E-state index contributed by atoms with van der Waals surface area (Å²) in [4.78, 5) is 0. The SMILES string of the molecule is CC1(C)c2cc(CCCC(c3cccc(-c4ccccc4)c3)c3ccc4c(c3)C(C)(C)c3cc(-c5ccccc5)c5oc6ccccc6c5c3-4)ccc2-c2c1cc(-c1ccccc1)c1oc3ccccc3c21. The third kappa shape index (κ3) is 6.48. The Balaban J connectivity index is 0.849. The molecular weight excluding hydrogens is 873 g/mol. The van der Waals surface area contributed by atoms with E-state index in [1.165, 1.54) is 105 Å². The summed E-state index contributed by atoms with van der Waals surface area (Å²) in [5.41, 5.74) is 25.4. The lowest BCUT2D eigenvalue weighted by molar-refractivity contribution is 0.641. The second-order valence-electron chi connectivity index (χ2n) is 21.4. The summed E-state index contributed by atoms with van der Waals surface area (Å²) in [5, 5.41) is 4.79. The van der Waals surface area contributed by atoms with Crippen molar-refractivity contribution in [3.63, 3.8) is 0 Å². The standard InChI is InChI=1S/C70H54O2/c1-69(2)57-38-43(34-36-51(57)63-59(69)41-55(45-23-10-6-11-24-45)67-65(63)53-29-14-16-32-61(53)71-67)20-18-31-50(48-28-19-27-47(39-48)44-21-8-5-9-22-44)49-35-37-52-58(40-49)70(3,4)60-42-56(46-25-12-7-13-26-46)68-66(64(52)60)54-30-15-17-33-62(54)72-68/h5-17,19,21-30,32-42,50H,18,20,31H2,1-4H3. The van der Waals surface area contributed by atoms with Crippen LogP contribution in [0.3, 0.4) is 0 Å². The van der Waals surface area contributed by atoms with Gasteiger partial charge in [0.1, 0.15) is 22.3 Å². The summed E-state index contributed by atoms with van der Waals surface area (Å²) in [5.74, 6) is 0.197. The van der Waals surface area contributed by atoms with Gasteiger partial charge in [-0.15, -0.1) is 0 Å². The van der Waals surface area contributed by atoms with Crippen LogP contribution in [0.2, 0.25) is 0 Å². The summed E-state index contributed by atoms with van der Waals surface area (Å²) < 4.78 is 13.5. The first-order valence-electron chi connectivity index (χ1n) is 25.7. The van der Waals surface area contributed by atoms with Gasteiger partial charge >= 0.3 is 0 Å². The van der Waals surface area contributed by atoms with Gasteiger partial charge in [-0.2, -0.15) is 0 Å². The van der Waals surface area contributed by atoms with Crippen molar-refractivity contribution in [2.75, 3.05) is 0 Å². The quantitative estimate of drug-likeness (QED) is 0.144. The predicted octanol–water partition coefficient (Wildman–Crippen LogP) is 19.3. The van der Waals surface area contributed by atoms with E-state index < -0.39 is 0 Å². The van der Waals surface area contributed by atoms with Crippen LogP contribution in [0.25, 0.3) is 99.5 Å². The molecule has 2 aromatic heterocycles. The third-order valence-electron chi connectivity index (χ3n) is 16.6. The van der Waals surface area contributed by atoms with Gasteiger partial charge in [-0.05, 0) is 127 Å². The second kappa shape index (κ2) is 16.2. The Hall–Kier alpha value is -8.20. The molecule has 0 N–H and O–H groups in total. The molecule has 346 valence electrons. The summed E-state index contributed by atoms with van der Waals surface area (Å²) in [6.07, 6.45) is 3.05. The molecule has 2 nitrogen and oxygen atoms in total. The Kier molecular flexibility index (Phi) is 9.58. The zero-order chi connectivity index (χ0) is 48.3. The van der Waals surface area contributed by atoms with Gasteiger partial charge in [-0.25, -0.2) is 0 Å². The number of furan rings is 2. The van der Waals surface area contributed by atoms with Gasteiger partial charge in [-0.3, -0.25) is 0 Å². The lowest BCUT2D eigenvalue weighted by Crippen LogP contribution is -2.16. The van der Waals surface area contributed by atoms with Gasteiger partial charge in [0.05, 0.1) is 0 Å². The fraction of sp³-hybridized carbons (Fsp3) is 0.143. The van der Waals surface area contributed by atoms with E-state index in [1.807, 2.05) is 0 Å². The number of rotatable bonds is 9. The monoisotopic (exact) mass is 926 g/mol. The summed E-state index contributed by atoms with van der Waals surface area (Å²) in [7, 11) is 0. The van der Waals surface area contributed by atoms with Gasteiger partial charge in [0.25, 0.3) is 0 Å². The van der Waals surface area contributed by atoms with Crippen molar-refractivity contribution in [1.82, 2.24) is 0 Å². The molecule has 14 rings (SSSR count). The molecule has 0 radical (unpaired) electrons. The van der Waals surface area contributed by atoms with E-state index >= 15 is 0 Å². The molecule has 2 heterocycles. The first-order chi connectivity index (χ1) is 35.2. The van der Waals surface area contributed by atoms with Crippen molar-refractivity contribution in [2.24, 2.45) is 0 Å². The van der Waals surface area contributed by atoms with Gasteiger partial charge in [0.2, 0.25) is 0 Å². The fourth-order valence-corrected chi connectivity index (χ4v) is 12.9. The average molecular weight is 927 g/mol. The molecule has 0 bridgehead atoms. The number of aryl methyl sites for hydroxylation is 1. The van der Waals surface area contributed by atoms with Crippen LogP contribution in [0.15, 0.2) is 221 Å². The van der Waals surface area contributed by atoms with Crippen LogP contribution in [0.4, 0.5) is 0 Å². The predicted molar refractivity (Wildman–Crippen MR) is 300 cm³/mol. The Morgan fingerprint density at radius 2 is 0.847 bits per heavy atom. The highest BCUT2D eigenvalue weighted by molar-refractivity contribution is 6.20. The van der Waals surface area contributed by atoms with E-state index in [1.54, 1.807) is 0 Å². The molecule has 1 unspecified atom stereocenters. The van der Waals surface area contributed by atoms with E-state index in [0.717, 1.165) is 52.7 Å². The van der Waals surface area contributed by atoms with Gasteiger partial charge in [-0.1, -0.05) is 216 Å². The minimum Gasteiger partial charge on any atom is -0.455 e. The van der Waals surface area contributed by atoms with E-state index in [0.29, 0.717) is 0 Å². The average Bonchev–Trinajstić information content (AvgIpc) is 4.13. The maximum absolute atomic E-state index is 6.79. The van der Waals surface area contributed by atoms with Crippen molar-refractivity contribution < 1.29 is 8.83 Å². The maximum Gasteiger partial charge on any atom is 0.143 e. The van der Waals surface area contributed by atoms with Crippen molar-refractivity contribution in [3.05, 3.63) is 251 Å². The Bertz CT molecular complexity index is 4110. The van der Waals surface area contributed by atoms with Crippen LogP contribution in [0.5, 0.6) is 0 Å². The van der Waals surface area contributed by atoms with E-state index in [2.05, 4.69) is 240 Å². The molecule has 10 aromatic carbocycles. The molecule has 0 fully saturated rings. The third-order valence-corrected chi connectivity index (χ3v) is 16.6. The maximum atomic E-state index is 6.79. The molecule has 0 spiro atoms. The molecule has 0 aliphatic heterocycles. The van der Waals surface area contributed by atoms with E-state index in [9.17, 15) is 0 Å².